The van der Waals surface area contributed by atoms with Crippen LogP contribution in [-0.2, 0) is 16.1 Å². The molecular weight excluding hydrogens is 356 g/mol. The number of rotatable bonds is 6. The first-order chi connectivity index (χ1) is 13.1. The Hall–Kier alpha value is -2.27. The summed E-state index contributed by atoms with van der Waals surface area (Å²) >= 11 is 1.55. The van der Waals surface area contributed by atoms with Crippen LogP contribution in [0.1, 0.15) is 25.3 Å². The van der Waals surface area contributed by atoms with Crippen molar-refractivity contribution in [1.82, 2.24) is 10.2 Å². The summed E-state index contributed by atoms with van der Waals surface area (Å²) in [6, 6.07) is 19.8. The predicted octanol–water partition coefficient (Wildman–Crippen LogP) is 3.72. The van der Waals surface area contributed by atoms with Crippen LogP contribution in [0.25, 0.3) is 0 Å². The number of nitrogens with zero attached hydrogens (tertiary/aromatic N) is 1. The third-order valence-corrected chi connectivity index (χ3v) is 6.00. The monoisotopic (exact) mass is 382 g/mol. The SMILES string of the molecule is C[C@]1(C(=O)NCc2ccccc2)CCCN(C(=O)CSc2ccccc2)C1. The second-order valence-electron chi connectivity index (χ2n) is 7.25. The van der Waals surface area contributed by atoms with Crippen molar-refractivity contribution in [3.63, 3.8) is 0 Å². The number of thioether (sulfide) groups is 1. The fraction of sp³-hybridized carbons (Fsp3) is 0.364. The van der Waals surface area contributed by atoms with Crippen molar-refractivity contribution in [3.05, 3.63) is 66.2 Å². The average Bonchev–Trinajstić information content (AvgIpc) is 2.71. The molecule has 2 amide bonds. The van der Waals surface area contributed by atoms with E-state index in [9.17, 15) is 9.59 Å². The lowest BCUT2D eigenvalue weighted by molar-refractivity contribution is -0.139. The lowest BCUT2D eigenvalue weighted by atomic mass is 9.81. The van der Waals surface area contributed by atoms with Gasteiger partial charge in [0.05, 0.1) is 11.2 Å². The van der Waals surface area contributed by atoms with E-state index in [1.165, 1.54) is 0 Å². The summed E-state index contributed by atoms with van der Waals surface area (Å²) in [7, 11) is 0. The molecular formula is C22H26N2O2S. The Morgan fingerprint density at radius 3 is 2.44 bits per heavy atom. The Balaban J connectivity index is 1.53. The maximum atomic E-state index is 12.8. The molecule has 0 bridgehead atoms. The largest absolute Gasteiger partial charge is 0.351 e. The van der Waals surface area contributed by atoms with E-state index < -0.39 is 5.41 Å². The molecule has 0 spiro atoms. The van der Waals surface area contributed by atoms with Gasteiger partial charge in [-0.2, -0.15) is 0 Å². The molecule has 27 heavy (non-hydrogen) atoms. The lowest BCUT2D eigenvalue weighted by Crippen LogP contribution is -2.52. The zero-order valence-electron chi connectivity index (χ0n) is 15.7. The third kappa shape index (κ3) is 5.36. The highest BCUT2D eigenvalue weighted by Crippen LogP contribution is 2.30. The minimum atomic E-state index is -0.528. The summed E-state index contributed by atoms with van der Waals surface area (Å²) in [6.07, 6.45) is 1.67. The van der Waals surface area contributed by atoms with Gasteiger partial charge in [0.2, 0.25) is 11.8 Å². The molecule has 2 aromatic rings. The summed E-state index contributed by atoms with van der Waals surface area (Å²) in [5, 5.41) is 3.04. The quantitative estimate of drug-likeness (QED) is 0.775. The molecule has 142 valence electrons. The molecule has 1 aliphatic heterocycles. The van der Waals surface area contributed by atoms with Crippen LogP contribution in [0.5, 0.6) is 0 Å². The van der Waals surface area contributed by atoms with Gasteiger partial charge in [-0.15, -0.1) is 11.8 Å². The summed E-state index contributed by atoms with van der Waals surface area (Å²) < 4.78 is 0. The summed E-state index contributed by atoms with van der Waals surface area (Å²) in [5.74, 6) is 0.538. The smallest absolute Gasteiger partial charge is 0.232 e. The Bertz CT molecular complexity index is 766. The van der Waals surface area contributed by atoms with Crippen LogP contribution in [0.4, 0.5) is 0 Å². The Morgan fingerprint density at radius 2 is 1.74 bits per heavy atom. The number of nitrogens with one attached hydrogen (secondary N) is 1. The number of hydrogen-bond acceptors (Lipinski definition) is 3. The zero-order valence-corrected chi connectivity index (χ0v) is 16.5. The van der Waals surface area contributed by atoms with Gasteiger partial charge in [-0.25, -0.2) is 0 Å². The van der Waals surface area contributed by atoms with Gasteiger partial charge in [-0.1, -0.05) is 48.5 Å². The number of benzene rings is 2. The van der Waals surface area contributed by atoms with Gasteiger partial charge in [0.15, 0.2) is 0 Å². The number of amides is 2. The van der Waals surface area contributed by atoms with Crippen LogP contribution in [-0.4, -0.2) is 35.6 Å². The Kier molecular flexibility index (Phi) is 6.56. The van der Waals surface area contributed by atoms with E-state index in [-0.39, 0.29) is 11.8 Å². The van der Waals surface area contributed by atoms with Crippen LogP contribution in [0, 0.1) is 5.41 Å². The van der Waals surface area contributed by atoms with Crippen molar-refractivity contribution in [2.75, 3.05) is 18.8 Å². The van der Waals surface area contributed by atoms with Crippen molar-refractivity contribution in [3.8, 4) is 0 Å². The predicted molar refractivity (Wildman–Crippen MR) is 109 cm³/mol. The topological polar surface area (TPSA) is 49.4 Å². The number of carbonyl (C=O) groups is 2. The molecule has 5 heteroatoms. The van der Waals surface area contributed by atoms with E-state index >= 15 is 0 Å². The minimum Gasteiger partial charge on any atom is -0.351 e. The Morgan fingerprint density at radius 1 is 1.07 bits per heavy atom. The molecule has 1 heterocycles. The first-order valence-electron chi connectivity index (χ1n) is 9.35. The number of piperidine rings is 1. The normalized spacial score (nSPS) is 19.5. The van der Waals surface area contributed by atoms with E-state index in [4.69, 9.17) is 0 Å². The first kappa shape index (κ1) is 19.5. The molecule has 1 fully saturated rings. The van der Waals surface area contributed by atoms with Gasteiger partial charge in [0, 0.05) is 24.5 Å². The van der Waals surface area contributed by atoms with Crippen LogP contribution in [0.3, 0.4) is 0 Å². The van der Waals surface area contributed by atoms with E-state index in [0.29, 0.717) is 18.8 Å². The van der Waals surface area contributed by atoms with Crippen LogP contribution >= 0.6 is 11.8 Å². The van der Waals surface area contributed by atoms with Crippen LogP contribution in [0.2, 0.25) is 0 Å². The molecule has 0 aromatic heterocycles. The molecule has 1 atom stereocenters. The molecule has 0 unspecified atom stereocenters. The molecule has 1 saturated heterocycles. The molecule has 0 saturated carbocycles. The number of hydrogen-bond donors (Lipinski definition) is 1. The highest BCUT2D eigenvalue weighted by Gasteiger charge is 2.39. The van der Waals surface area contributed by atoms with Gasteiger partial charge < -0.3 is 10.2 Å². The maximum absolute atomic E-state index is 12.8. The van der Waals surface area contributed by atoms with Crippen molar-refractivity contribution >= 4 is 23.6 Å². The number of likely N-dealkylation sites (tertiary alicyclic amines) is 1. The molecule has 4 nitrogen and oxygen atoms in total. The fourth-order valence-corrected chi connectivity index (χ4v) is 4.20. The maximum Gasteiger partial charge on any atom is 0.232 e. The van der Waals surface area contributed by atoms with Crippen LogP contribution < -0.4 is 5.32 Å². The van der Waals surface area contributed by atoms with E-state index in [0.717, 1.165) is 29.8 Å². The molecule has 2 aromatic carbocycles. The summed E-state index contributed by atoms with van der Waals surface area (Å²) in [5.41, 5.74) is 0.553. The molecule has 0 aliphatic carbocycles. The van der Waals surface area contributed by atoms with Crippen LogP contribution in [0.15, 0.2) is 65.6 Å². The second kappa shape index (κ2) is 9.09. The molecule has 1 aliphatic rings. The highest BCUT2D eigenvalue weighted by atomic mass is 32.2. The standard InChI is InChI=1S/C22H26N2O2S/c1-22(21(26)23-15-18-9-4-2-5-10-18)13-8-14-24(17-22)20(25)16-27-19-11-6-3-7-12-19/h2-7,9-12H,8,13-17H2,1H3,(H,23,26)/t22-/m0/s1. The summed E-state index contributed by atoms with van der Waals surface area (Å²) in [4.78, 5) is 28.4. The van der Waals surface area contributed by atoms with Crippen molar-refractivity contribution < 1.29 is 9.59 Å². The molecule has 3 rings (SSSR count). The van der Waals surface area contributed by atoms with Gasteiger partial charge in [-0.05, 0) is 37.5 Å². The Labute approximate surface area is 165 Å². The molecule has 1 N–H and O–H groups in total. The highest BCUT2D eigenvalue weighted by molar-refractivity contribution is 8.00. The lowest BCUT2D eigenvalue weighted by Gasteiger charge is -2.39. The van der Waals surface area contributed by atoms with E-state index in [2.05, 4.69) is 5.32 Å². The summed E-state index contributed by atoms with van der Waals surface area (Å²) in [6.45, 7) is 3.71. The van der Waals surface area contributed by atoms with Crippen molar-refractivity contribution in [1.29, 1.82) is 0 Å². The van der Waals surface area contributed by atoms with Gasteiger partial charge in [0.25, 0.3) is 0 Å². The van der Waals surface area contributed by atoms with Gasteiger partial charge >= 0.3 is 0 Å². The van der Waals surface area contributed by atoms with Gasteiger partial charge in [-0.3, -0.25) is 9.59 Å². The fourth-order valence-electron chi connectivity index (χ4n) is 3.38. The zero-order chi connectivity index (χ0) is 19.1. The molecule has 0 radical (unpaired) electrons. The average molecular weight is 383 g/mol. The van der Waals surface area contributed by atoms with E-state index in [1.54, 1.807) is 11.8 Å². The van der Waals surface area contributed by atoms with Crippen molar-refractivity contribution in [2.24, 2.45) is 5.41 Å². The van der Waals surface area contributed by atoms with Crippen molar-refractivity contribution in [2.45, 2.75) is 31.2 Å². The minimum absolute atomic E-state index is 0.0274. The first-order valence-corrected chi connectivity index (χ1v) is 10.3. The van der Waals surface area contributed by atoms with Gasteiger partial charge in [0.1, 0.15) is 0 Å². The number of carbonyl (C=O) groups excluding carboxylic acids is 2. The van der Waals surface area contributed by atoms with E-state index in [1.807, 2.05) is 72.5 Å². The third-order valence-electron chi connectivity index (χ3n) is 5.00. The second-order valence-corrected chi connectivity index (χ2v) is 8.30.